The highest BCUT2D eigenvalue weighted by molar-refractivity contribution is 5.96. The van der Waals surface area contributed by atoms with E-state index in [1.165, 1.54) is 0 Å². The van der Waals surface area contributed by atoms with Crippen molar-refractivity contribution in [3.63, 3.8) is 0 Å². The molecule has 7 heteroatoms. The first-order valence-corrected chi connectivity index (χ1v) is 5.56. The summed E-state index contributed by atoms with van der Waals surface area (Å²) >= 11 is 0. The van der Waals surface area contributed by atoms with Gasteiger partial charge >= 0.3 is 0 Å². The van der Waals surface area contributed by atoms with Crippen LogP contribution >= 0.6 is 0 Å². The van der Waals surface area contributed by atoms with Crippen LogP contribution in [0.4, 0.5) is 5.82 Å². The number of aromatic nitrogens is 1. The number of azide groups is 1. The minimum Gasteiger partial charge on any atom is -0.493 e. The number of carbonyl (C=O) groups is 1. The van der Waals surface area contributed by atoms with E-state index in [9.17, 15) is 4.79 Å². The average molecular weight is 247 g/mol. The van der Waals surface area contributed by atoms with Gasteiger partial charge in [0.1, 0.15) is 0 Å². The quantitative estimate of drug-likeness (QED) is 0.461. The van der Waals surface area contributed by atoms with Gasteiger partial charge < -0.3 is 4.74 Å². The summed E-state index contributed by atoms with van der Waals surface area (Å²) in [5.74, 6) is 1.11. The number of nitrogens with zero attached hydrogens (tertiary/aromatic N) is 5. The maximum Gasteiger partial charge on any atom is 0.228 e. The number of ether oxygens (including phenoxy) is 1. The summed E-state index contributed by atoms with van der Waals surface area (Å²) in [5.41, 5.74) is 8.29. The van der Waals surface area contributed by atoms with Crippen LogP contribution in [-0.2, 0) is 4.79 Å². The van der Waals surface area contributed by atoms with Crippen molar-refractivity contribution in [2.45, 2.75) is 6.42 Å². The smallest absolute Gasteiger partial charge is 0.228 e. The standard InChI is InChI=1S/C11H13N5O2/c1-18-9-3-2-4-13-11(9)16-7-8(5-10(16)17)6-14-15-12/h2-4,8H,5-7H2,1H3. The van der Waals surface area contributed by atoms with Gasteiger partial charge in [-0.2, -0.15) is 0 Å². The van der Waals surface area contributed by atoms with Gasteiger partial charge in [-0.05, 0) is 23.6 Å². The lowest BCUT2D eigenvalue weighted by atomic mass is 10.1. The maximum atomic E-state index is 11.9. The summed E-state index contributed by atoms with van der Waals surface area (Å²) in [6.07, 6.45) is 1.99. The molecule has 1 atom stereocenters. The third kappa shape index (κ3) is 2.36. The van der Waals surface area contributed by atoms with Crippen molar-refractivity contribution in [2.24, 2.45) is 11.0 Å². The van der Waals surface area contributed by atoms with Crippen LogP contribution in [0.2, 0.25) is 0 Å². The molecule has 0 aliphatic carbocycles. The Balaban J connectivity index is 2.18. The summed E-state index contributed by atoms with van der Waals surface area (Å²) in [7, 11) is 1.54. The van der Waals surface area contributed by atoms with Crippen LogP contribution in [0.1, 0.15) is 6.42 Å². The molecule has 1 aliphatic rings. The first-order valence-electron chi connectivity index (χ1n) is 5.56. The third-order valence-electron chi connectivity index (χ3n) is 2.83. The van der Waals surface area contributed by atoms with E-state index in [1.807, 2.05) is 0 Å². The Morgan fingerprint density at radius 3 is 3.28 bits per heavy atom. The molecule has 0 aromatic carbocycles. The molecule has 2 rings (SSSR count). The topological polar surface area (TPSA) is 91.2 Å². The molecule has 2 heterocycles. The van der Waals surface area contributed by atoms with E-state index in [2.05, 4.69) is 15.0 Å². The van der Waals surface area contributed by atoms with Crippen LogP contribution in [-0.4, -0.2) is 31.1 Å². The minimum atomic E-state index is -0.0230. The van der Waals surface area contributed by atoms with Gasteiger partial charge in [0, 0.05) is 30.6 Å². The molecule has 1 aromatic heterocycles. The zero-order valence-corrected chi connectivity index (χ0v) is 9.98. The number of pyridine rings is 1. The maximum absolute atomic E-state index is 11.9. The van der Waals surface area contributed by atoms with Crippen molar-refractivity contribution >= 4 is 11.7 Å². The lowest BCUT2D eigenvalue weighted by Crippen LogP contribution is -2.26. The van der Waals surface area contributed by atoms with Crippen LogP contribution in [0.15, 0.2) is 23.4 Å². The van der Waals surface area contributed by atoms with Gasteiger partial charge in [-0.1, -0.05) is 5.11 Å². The monoisotopic (exact) mass is 247 g/mol. The Labute approximate surface area is 104 Å². The van der Waals surface area contributed by atoms with Gasteiger partial charge in [0.25, 0.3) is 0 Å². The zero-order valence-electron chi connectivity index (χ0n) is 9.98. The van der Waals surface area contributed by atoms with E-state index >= 15 is 0 Å². The van der Waals surface area contributed by atoms with E-state index in [0.29, 0.717) is 31.1 Å². The molecule has 1 aliphatic heterocycles. The van der Waals surface area contributed by atoms with Crippen LogP contribution in [0.3, 0.4) is 0 Å². The fourth-order valence-electron chi connectivity index (χ4n) is 2.00. The number of anilines is 1. The number of amides is 1. The highest BCUT2D eigenvalue weighted by Crippen LogP contribution is 2.30. The molecule has 18 heavy (non-hydrogen) atoms. The van der Waals surface area contributed by atoms with Crippen molar-refractivity contribution < 1.29 is 9.53 Å². The molecule has 1 aromatic rings. The summed E-state index contributed by atoms with van der Waals surface area (Å²) in [4.78, 5) is 20.4. The summed E-state index contributed by atoms with van der Waals surface area (Å²) in [6, 6.07) is 3.51. The molecule has 0 radical (unpaired) electrons. The molecule has 94 valence electrons. The van der Waals surface area contributed by atoms with E-state index in [4.69, 9.17) is 10.3 Å². The van der Waals surface area contributed by atoms with Crippen molar-refractivity contribution in [3.05, 3.63) is 28.8 Å². The Kier molecular flexibility index (Phi) is 3.64. The normalized spacial score (nSPS) is 18.6. The lowest BCUT2D eigenvalue weighted by Gasteiger charge is -2.17. The highest BCUT2D eigenvalue weighted by Gasteiger charge is 2.32. The second-order valence-corrected chi connectivity index (χ2v) is 4.02. The summed E-state index contributed by atoms with van der Waals surface area (Å²) in [5, 5.41) is 3.51. The molecule has 1 fully saturated rings. The predicted octanol–water partition coefficient (Wildman–Crippen LogP) is 1.75. The van der Waals surface area contributed by atoms with Crippen molar-refractivity contribution in [1.82, 2.24) is 4.98 Å². The predicted molar refractivity (Wildman–Crippen MR) is 65.3 cm³/mol. The molecule has 1 amide bonds. The fourth-order valence-corrected chi connectivity index (χ4v) is 2.00. The molecule has 0 bridgehead atoms. The fraction of sp³-hybridized carbons (Fsp3) is 0.455. The van der Waals surface area contributed by atoms with Crippen LogP contribution in [0.25, 0.3) is 10.4 Å². The minimum absolute atomic E-state index is 0.0230. The van der Waals surface area contributed by atoms with Gasteiger partial charge in [0.2, 0.25) is 5.91 Å². The van der Waals surface area contributed by atoms with E-state index in [0.717, 1.165) is 0 Å². The van der Waals surface area contributed by atoms with Gasteiger partial charge in [0.15, 0.2) is 11.6 Å². The molecule has 0 spiro atoms. The van der Waals surface area contributed by atoms with Gasteiger partial charge in [-0.3, -0.25) is 9.69 Å². The summed E-state index contributed by atoms with van der Waals surface area (Å²) < 4.78 is 5.18. The first-order chi connectivity index (χ1) is 8.76. The molecular formula is C11H13N5O2. The Morgan fingerprint density at radius 1 is 1.72 bits per heavy atom. The van der Waals surface area contributed by atoms with E-state index < -0.39 is 0 Å². The Bertz CT molecular complexity index is 498. The Hall–Kier alpha value is -2.27. The SMILES string of the molecule is COc1cccnc1N1CC(CN=[N+]=[N-])CC1=O. The van der Waals surface area contributed by atoms with Gasteiger partial charge in [-0.15, -0.1) is 0 Å². The van der Waals surface area contributed by atoms with Crippen LogP contribution in [0, 0.1) is 5.92 Å². The number of hydrogen-bond donors (Lipinski definition) is 0. The molecule has 1 saturated heterocycles. The highest BCUT2D eigenvalue weighted by atomic mass is 16.5. The molecule has 7 nitrogen and oxygen atoms in total. The van der Waals surface area contributed by atoms with Crippen molar-refractivity contribution in [1.29, 1.82) is 0 Å². The average Bonchev–Trinajstić information content (AvgIpc) is 2.77. The summed E-state index contributed by atoms with van der Waals surface area (Å²) in [6.45, 7) is 0.832. The zero-order chi connectivity index (χ0) is 13.0. The van der Waals surface area contributed by atoms with E-state index in [-0.39, 0.29) is 11.8 Å². The van der Waals surface area contributed by atoms with Crippen LogP contribution < -0.4 is 9.64 Å². The number of carbonyl (C=O) groups excluding carboxylic acids is 1. The number of rotatable bonds is 4. The largest absolute Gasteiger partial charge is 0.493 e. The third-order valence-corrected chi connectivity index (χ3v) is 2.83. The molecular weight excluding hydrogens is 234 g/mol. The Morgan fingerprint density at radius 2 is 2.56 bits per heavy atom. The van der Waals surface area contributed by atoms with Crippen molar-refractivity contribution in [3.8, 4) is 5.75 Å². The van der Waals surface area contributed by atoms with Crippen LogP contribution in [0.5, 0.6) is 5.75 Å². The molecule has 1 unspecified atom stereocenters. The first kappa shape index (κ1) is 12.2. The molecule has 0 saturated carbocycles. The van der Waals surface area contributed by atoms with E-state index in [1.54, 1.807) is 30.3 Å². The molecule has 0 N–H and O–H groups in total. The second-order valence-electron chi connectivity index (χ2n) is 4.02. The van der Waals surface area contributed by atoms with Gasteiger partial charge in [-0.25, -0.2) is 4.98 Å². The number of hydrogen-bond acceptors (Lipinski definition) is 4. The van der Waals surface area contributed by atoms with Crippen molar-refractivity contribution in [2.75, 3.05) is 25.1 Å². The second kappa shape index (κ2) is 5.37. The number of methoxy groups -OCH3 is 1. The van der Waals surface area contributed by atoms with Gasteiger partial charge in [0.05, 0.1) is 7.11 Å². The lowest BCUT2D eigenvalue weighted by molar-refractivity contribution is -0.117.